The Balaban J connectivity index is 1.07. The number of nitrogens with zero attached hydrogens (tertiary/aromatic N) is 7. The van der Waals surface area contributed by atoms with Crippen LogP contribution in [-0.2, 0) is 11.3 Å². The van der Waals surface area contributed by atoms with E-state index in [1.54, 1.807) is 6.33 Å². The van der Waals surface area contributed by atoms with E-state index in [9.17, 15) is 4.79 Å². The molecule has 3 aromatic rings. The first-order valence-corrected chi connectivity index (χ1v) is 14.4. The van der Waals surface area contributed by atoms with Crippen LogP contribution in [0, 0.1) is 5.92 Å². The van der Waals surface area contributed by atoms with Gasteiger partial charge in [-0.25, -0.2) is 14.6 Å². The van der Waals surface area contributed by atoms with E-state index in [4.69, 9.17) is 4.74 Å². The van der Waals surface area contributed by atoms with Gasteiger partial charge in [-0.05, 0) is 76.2 Å². The molecule has 202 valence electrons. The molecule has 0 spiro atoms. The van der Waals surface area contributed by atoms with Crippen LogP contribution in [0.4, 0.5) is 5.82 Å². The summed E-state index contributed by atoms with van der Waals surface area (Å²) in [6.07, 6.45) is 10.6. The van der Waals surface area contributed by atoms with Crippen LogP contribution in [0.3, 0.4) is 0 Å². The van der Waals surface area contributed by atoms with Gasteiger partial charge in [0.1, 0.15) is 17.9 Å². The molecule has 0 bridgehead atoms. The second-order valence-corrected chi connectivity index (χ2v) is 10.9. The number of carbonyl (C=O) groups is 1. The van der Waals surface area contributed by atoms with Crippen LogP contribution in [0.2, 0.25) is 0 Å². The molecule has 2 aromatic heterocycles. The summed E-state index contributed by atoms with van der Waals surface area (Å²) in [6, 6.07) is 8.81. The fraction of sp³-hybridized carbons (Fsp3) is 0.586. The lowest BCUT2D eigenvalue weighted by molar-refractivity contribution is -0.137. The van der Waals surface area contributed by atoms with Crippen molar-refractivity contribution in [2.45, 2.75) is 58.0 Å². The van der Waals surface area contributed by atoms with Gasteiger partial charge in [0.25, 0.3) is 0 Å². The van der Waals surface area contributed by atoms with Crippen molar-refractivity contribution < 1.29 is 9.53 Å². The minimum atomic E-state index is 0.200. The third-order valence-corrected chi connectivity index (χ3v) is 8.55. The second kappa shape index (κ2) is 11.3. The molecule has 1 aromatic carbocycles. The minimum Gasteiger partial charge on any atom is -0.494 e. The van der Waals surface area contributed by atoms with Crippen LogP contribution in [0.5, 0.6) is 5.75 Å². The number of amides is 1. The van der Waals surface area contributed by atoms with Crippen LogP contribution in [0.15, 0.2) is 36.8 Å². The monoisotopic (exact) mass is 517 g/mol. The highest BCUT2D eigenvalue weighted by atomic mass is 16.5. The first-order chi connectivity index (χ1) is 18.7. The van der Waals surface area contributed by atoms with Gasteiger partial charge in [0.05, 0.1) is 24.7 Å². The topological polar surface area (TPSA) is 79.6 Å². The molecule has 2 aliphatic heterocycles. The molecule has 1 amide bonds. The van der Waals surface area contributed by atoms with E-state index in [1.165, 1.54) is 38.8 Å². The van der Waals surface area contributed by atoms with Crippen molar-refractivity contribution in [2.75, 3.05) is 50.8 Å². The van der Waals surface area contributed by atoms with Gasteiger partial charge in [-0.15, -0.1) is 0 Å². The molecule has 3 fully saturated rings. The number of aromatic nitrogens is 4. The van der Waals surface area contributed by atoms with Gasteiger partial charge >= 0.3 is 0 Å². The molecule has 0 unspecified atom stereocenters. The van der Waals surface area contributed by atoms with E-state index in [0.29, 0.717) is 25.1 Å². The summed E-state index contributed by atoms with van der Waals surface area (Å²) in [7, 11) is 0. The predicted octanol–water partition coefficient (Wildman–Crippen LogP) is 3.58. The second-order valence-electron chi connectivity index (χ2n) is 10.9. The van der Waals surface area contributed by atoms with Gasteiger partial charge in [0.15, 0.2) is 5.65 Å². The molecule has 4 heterocycles. The van der Waals surface area contributed by atoms with Crippen molar-refractivity contribution >= 4 is 22.8 Å². The number of carbonyl (C=O) groups excluding carboxylic acids is 1. The lowest BCUT2D eigenvalue weighted by atomic mass is 9.84. The molecule has 38 heavy (non-hydrogen) atoms. The van der Waals surface area contributed by atoms with Crippen molar-refractivity contribution in [2.24, 2.45) is 5.92 Å². The number of hydrogen-bond donors (Lipinski definition) is 0. The number of benzene rings is 1. The summed E-state index contributed by atoms with van der Waals surface area (Å²) in [5, 5.41) is 5.59. The summed E-state index contributed by atoms with van der Waals surface area (Å²) in [5.41, 5.74) is 1.94. The summed E-state index contributed by atoms with van der Waals surface area (Å²) in [4.78, 5) is 29.5. The molecule has 0 N–H and O–H groups in total. The van der Waals surface area contributed by atoms with E-state index in [2.05, 4.69) is 35.8 Å². The first kappa shape index (κ1) is 25.1. The van der Waals surface area contributed by atoms with Crippen molar-refractivity contribution in [3.8, 4) is 5.75 Å². The van der Waals surface area contributed by atoms with Gasteiger partial charge in [0.2, 0.25) is 5.91 Å². The predicted molar refractivity (Wildman–Crippen MR) is 147 cm³/mol. The number of fused-ring (bicyclic) bond motifs is 1. The maximum atomic E-state index is 13.3. The average Bonchev–Trinajstić information content (AvgIpc) is 3.64. The molecule has 9 nitrogen and oxygen atoms in total. The number of anilines is 1. The van der Waals surface area contributed by atoms with Gasteiger partial charge < -0.3 is 19.4 Å². The SMILES string of the molecule is CCOc1cccc(Cn2ncc3c(N4CCN(C(=O)[C@H]5CC[C@H](N6CCCC6)CC5)CC4)ncnc32)c1. The van der Waals surface area contributed by atoms with Gasteiger partial charge in [-0.1, -0.05) is 12.1 Å². The highest BCUT2D eigenvalue weighted by Gasteiger charge is 2.34. The molecule has 0 radical (unpaired) electrons. The molecule has 3 aliphatic rings. The van der Waals surface area contributed by atoms with Gasteiger partial charge in [0, 0.05) is 38.1 Å². The first-order valence-electron chi connectivity index (χ1n) is 14.4. The number of rotatable bonds is 7. The third-order valence-electron chi connectivity index (χ3n) is 8.55. The van der Waals surface area contributed by atoms with Gasteiger partial charge in [-0.2, -0.15) is 5.10 Å². The van der Waals surface area contributed by atoms with Crippen molar-refractivity contribution in [1.29, 1.82) is 0 Å². The number of piperazine rings is 1. The van der Waals surface area contributed by atoms with Crippen LogP contribution < -0.4 is 9.64 Å². The molecule has 2 saturated heterocycles. The largest absolute Gasteiger partial charge is 0.494 e. The zero-order valence-electron chi connectivity index (χ0n) is 22.5. The van der Waals surface area contributed by atoms with E-state index >= 15 is 0 Å². The van der Waals surface area contributed by atoms with E-state index in [-0.39, 0.29) is 5.92 Å². The molecular formula is C29H39N7O2. The number of likely N-dealkylation sites (tertiary alicyclic amines) is 1. The normalized spacial score (nSPS) is 22.8. The highest BCUT2D eigenvalue weighted by molar-refractivity contribution is 5.87. The molecule has 1 aliphatic carbocycles. The van der Waals surface area contributed by atoms with Crippen LogP contribution in [0.1, 0.15) is 51.0 Å². The lowest BCUT2D eigenvalue weighted by Gasteiger charge is -2.39. The molecule has 6 rings (SSSR count). The summed E-state index contributed by atoms with van der Waals surface area (Å²) in [5.74, 6) is 2.33. The standard InChI is InChI=1S/C29H39N7O2/c1-2-38-25-7-5-6-22(18-25)20-36-28-26(19-32-36)27(30-21-31-28)34-14-16-35(17-15-34)29(37)23-8-10-24(11-9-23)33-12-3-4-13-33/h5-7,18-19,21,23-24H,2-4,8-17,20H2,1H3/t23-,24-. The Kier molecular flexibility index (Phi) is 7.44. The lowest BCUT2D eigenvalue weighted by Crippen LogP contribution is -2.51. The smallest absolute Gasteiger partial charge is 0.225 e. The molecule has 1 saturated carbocycles. The summed E-state index contributed by atoms with van der Waals surface area (Å²) < 4.78 is 7.57. The van der Waals surface area contributed by atoms with Crippen LogP contribution >= 0.6 is 0 Å². The van der Waals surface area contributed by atoms with E-state index < -0.39 is 0 Å². The Hall–Kier alpha value is -3.20. The molecule has 0 atom stereocenters. The number of hydrogen-bond acceptors (Lipinski definition) is 7. The Bertz CT molecular complexity index is 1240. The Morgan fingerprint density at radius 2 is 1.79 bits per heavy atom. The maximum absolute atomic E-state index is 13.3. The quantitative estimate of drug-likeness (QED) is 0.474. The third kappa shape index (κ3) is 5.21. The Morgan fingerprint density at radius 1 is 1.00 bits per heavy atom. The number of ether oxygens (including phenoxy) is 1. The van der Waals surface area contributed by atoms with Crippen LogP contribution in [-0.4, -0.2) is 87.4 Å². The zero-order valence-corrected chi connectivity index (χ0v) is 22.5. The van der Waals surface area contributed by atoms with Crippen molar-refractivity contribution in [3.05, 3.63) is 42.4 Å². The maximum Gasteiger partial charge on any atom is 0.225 e. The van der Waals surface area contributed by atoms with Gasteiger partial charge in [-0.3, -0.25) is 4.79 Å². The summed E-state index contributed by atoms with van der Waals surface area (Å²) >= 11 is 0. The molecular weight excluding hydrogens is 478 g/mol. The average molecular weight is 518 g/mol. The van der Waals surface area contributed by atoms with E-state index in [0.717, 1.165) is 67.2 Å². The van der Waals surface area contributed by atoms with E-state index in [1.807, 2.05) is 36.0 Å². The Labute approximate surface area is 224 Å². The fourth-order valence-corrected chi connectivity index (χ4v) is 6.51. The zero-order chi connectivity index (χ0) is 25.9. The van der Waals surface area contributed by atoms with Crippen LogP contribution in [0.25, 0.3) is 11.0 Å². The fourth-order valence-electron chi connectivity index (χ4n) is 6.51. The molecule has 9 heteroatoms. The minimum absolute atomic E-state index is 0.200. The van der Waals surface area contributed by atoms with Crippen molar-refractivity contribution in [3.63, 3.8) is 0 Å². The summed E-state index contributed by atoms with van der Waals surface area (Å²) in [6.45, 7) is 8.80. The highest BCUT2D eigenvalue weighted by Crippen LogP contribution is 2.31. The Morgan fingerprint density at radius 3 is 2.55 bits per heavy atom. The van der Waals surface area contributed by atoms with Crippen molar-refractivity contribution in [1.82, 2.24) is 29.5 Å².